The van der Waals surface area contributed by atoms with Crippen molar-refractivity contribution in [1.29, 1.82) is 0 Å². The molecule has 0 bridgehead atoms. The molecule has 47 heavy (non-hydrogen) atoms. The number of unbranched alkanes of at least 4 members (excludes halogenated alkanes) is 1. The van der Waals surface area contributed by atoms with Crippen LogP contribution in [0.3, 0.4) is 0 Å². The highest BCUT2D eigenvalue weighted by Gasteiger charge is 2.39. The fourth-order valence-corrected chi connectivity index (χ4v) is 9.90. The molecule has 1 heterocycles. The van der Waals surface area contributed by atoms with E-state index in [0.717, 1.165) is 31.3 Å². The van der Waals surface area contributed by atoms with E-state index >= 15 is 0 Å². The second-order valence-electron chi connectivity index (χ2n) is 16.3. The summed E-state index contributed by atoms with van der Waals surface area (Å²) in [6.45, 7) is 14.4. The number of hydrogen-bond donors (Lipinski definition) is 0. The van der Waals surface area contributed by atoms with Gasteiger partial charge in [0.15, 0.2) is 0 Å². The number of rotatable bonds is 8. The van der Waals surface area contributed by atoms with E-state index in [1.165, 1.54) is 118 Å². The normalized spacial score (nSPS) is 37.0. The number of nitrogens with zero attached hydrogens (tertiary/aromatic N) is 1. The van der Waals surface area contributed by atoms with E-state index in [1.54, 1.807) is 11.1 Å². The van der Waals surface area contributed by atoms with Gasteiger partial charge in [-0.25, -0.2) is 0 Å². The maximum absolute atomic E-state index is 2.94. The SMILES string of the molecule is CCCCC(C)(CC)C1CCCC(\C2=C3/CCC=C/C3=C(C)\C(C)=C\C=C(\C3=CCCC=C3)CN(C3C=CC4CCC=CC4C3)C2)C1. The third kappa shape index (κ3) is 7.93. The van der Waals surface area contributed by atoms with E-state index in [0.29, 0.717) is 23.3 Å². The van der Waals surface area contributed by atoms with Gasteiger partial charge in [0.1, 0.15) is 0 Å². The van der Waals surface area contributed by atoms with Gasteiger partial charge in [-0.2, -0.15) is 0 Å². The summed E-state index contributed by atoms with van der Waals surface area (Å²) in [5.74, 6) is 2.95. The fourth-order valence-electron chi connectivity index (χ4n) is 9.90. The average Bonchev–Trinajstić information content (AvgIpc) is 3.15. The van der Waals surface area contributed by atoms with Gasteiger partial charge in [0.05, 0.1) is 0 Å². The van der Waals surface area contributed by atoms with Crippen LogP contribution < -0.4 is 0 Å². The molecule has 1 nitrogen and oxygen atoms in total. The highest BCUT2D eigenvalue weighted by Crippen LogP contribution is 2.49. The van der Waals surface area contributed by atoms with E-state index in [4.69, 9.17) is 0 Å². The van der Waals surface area contributed by atoms with Crippen LogP contribution in [0.25, 0.3) is 0 Å². The molecule has 1 aliphatic heterocycles. The van der Waals surface area contributed by atoms with Gasteiger partial charge >= 0.3 is 0 Å². The summed E-state index contributed by atoms with van der Waals surface area (Å²) in [6, 6.07) is 0.481. The third-order valence-corrected chi connectivity index (χ3v) is 13.4. The summed E-state index contributed by atoms with van der Waals surface area (Å²) in [7, 11) is 0. The van der Waals surface area contributed by atoms with Crippen LogP contribution in [0, 0.1) is 29.1 Å². The first-order valence-electron chi connectivity index (χ1n) is 19.8. The fraction of sp³-hybridized carbons (Fsp3) is 0.609. The van der Waals surface area contributed by atoms with E-state index in [2.05, 4.69) is 106 Å². The van der Waals surface area contributed by atoms with Gasteiger partial charge in [0.2, 0.25) is 0 Å². The van der Waals surface area contributed by atoms with Crippen LogP contribution in [-0.2, 0) is 0 Å². The first kappa shape index (κ1) is 34.5. The molecule has 0 aromatic carbocycles. The molecule has 0 N–H and O–H groups in total. The largest absolute Gasteiger partial charge is 0.289 e. The quantitative estimate of drug-likeness (QED) is 0.241. The number of fused-ring (bicyclic) bond motifs is 2. The van der Waals surface area contributed by atoms with Crippen LogP contribution in [0.1, 0.15) is 131 Å². The Labute approximate surface area is 289 Å². The van der Waals surface area contributed by atoms with Crippen molar-refractivity contribution in [3.8, 4) is 0 Å². The molecule has 6 unspecified atom stereocenters. The Bertz CT molecular complexity index is 1400. The highest BCUT2D eigenvalue weighted by atomic mass is 15.2. The molecule has 1 saturated carbocycles. The average molecular weight is 632 g/mol. The summed E-state index contributed by atoms with van der Waals surface area (Å²) < 4.78 is 0. The zero-order valence-corrected chi connectivity index (χ0v) is 30.7. The predicted molar refractivity (Wildman–Crippen MR) is 204 cm³/mol. The van der Waals surface area contributed by atoms with E-state index in [1.807, 2.05) is 0 Å². The van der Waals surface area contributed by atoms with Gasteiger partial charge in [0, 0.05) is 19.1 Å². The zero-order chi connectivity index (χ0) is 32.8. The van der Waals surface area contributed by atoms with Crippen LogP contribution in [0.2, 0.25) is 0 Å². The van der Waals surface area contributed by atoms with Crippen molar-refractivity contribution < 1.29 is 0 Å². The monoisotopic (exact) mass is 632 g/mol. The first-order valence-corrected chi connectivity index (χ1v) is 19.8. The van der Waals surface area contributed by atoms with Crippen molar-refractivity contribution in [3.05, 3.63) is 106 Å². The summed E-state index contributed by atoms with van der Waals surface area (Å²) in [6.07, 6.45) is 47.0. The minimum absolute atomic E-state index is 0.470. The van der Waals surface area contributed by atoms with Gasteiger partial charge in [-0.15, -0.1) is 0 Å². The molecule has 0 saturated heterocycles. The lowest BCUT2D eigenvalue weighted by Gasteiger charge is -2.45. The van der Waals surface area contributed by atoms with Gasteiger partial charge in [-0.1, -0.05) is 113 Å². The van der Waals surface area contributed by atoms with Gasteiger partial charge < -0.3 is 0 Å². The number of allylic oxidation sites excluding steroid dienone is 14. The molecule has 0 amide bonds. The lowest BCUT2D eigenvalue weighted by molar-refractivity contribution is 0.0955. The Morgan fingerprint density at radius 3 is 2.51 bits per heavy atom. The highest BCUT2D eigenvalue weighted by molar-refractivity contribution is 5.55. The van der Waals surface area contributed by atoms with Crippen LogP contribution in [-0.4, -0.2) is 24.0 Å². The Kier molecular flexibility index (Phi) is 11.7. The lowest BCUT2D eigenvalue weighted by atomic mass is 9.62. The Balaban J connectivity index is 1.45. The molecule has 5 aliphatic carbocycles. The van der Waals surface area contributed by atoms with Gasteiger partial charge in [0.25, 0.3) is 0 Å². The summed E-state index contributed by atoms with van der Waals surface area (Å²) in [4.78, 5) is 2.94. The third-order valence-electron chi connectivity index (χ3n) is 13.4. The zero-order valence-electron chi connectivity index (χ0n) is 30.7. The topological polar surface area (TPSA) is 3.24 Å². The molecule has 0 spiro atoms. The summed E-state index contributed by atoms with van der Waals surface area (Å²) in [5.41, 5.74) is 11.4. The first-order chi connectivity index (χ1) is 22.9. The Hall–Kier alpha value is -2.38. The van der Waals surface area contributed by atoms with Crippen LogP contribution in [0.5, 0.6) is 0 Å². The van der Waals surface area contributed by atoms with Gasteiger partial charge in [-0.05, 0) is 153 Å². The van der Waals surface area contributed by atoms with Gasteiger partial charge in [-0.3, -0.25) is 4.90 Å². The molecule has 0 radical (unpaired) electrons. The molecule has 6 rings (SSSR count). The lowest BCUT2D eigenvalue weighted by Crippen LogP contribution is -2.42. The second kappa shape index (κ2) is 15.9. The van der Waals surface area contributed by atoms with Crippen molar-refractivity contribution >= 4 is 0 Å². The van der Waals surface area contributed by atoms with Crippen LogP contribution in [0.4, 0.5) is 0 Å². The maximum atomic E-state index is 2.94. The van der Waals surface area contributed by atoms with Crippen molar-refractivity contribution in [2.45, 2.75) is 137 Å². The molecule has 254 valence electrons. The minimum Gasteiger partial charge on any atom is -0.289 e. The van der Waals surface area contributed by atoms with E-state index < -0.39 is 0 Å². The summed E-state index contributed by atoms with van der Waals surface area (Å²) >= 11 is 0. The smallest absolute Gasteiger partial charge is 0.0291 e. The molecule has 6 atom stereocenters. The van der Waals surface area contributed by atoms with Crippen LogP contribution >= 0.6 is 0 Å². The molecule has 0 aromatic heterocycles. The molecular formula is C46H65N. The molecular weight excluding hydrogens is 567 g/mol. The Morgan fingerprint density at radius 1 is 0.830 bits per heavy atom. The molecule has 0 aromatic rings. The number of hydrogen-bond acceptors (Lipinski definition) is 1. The van der Waals surface area contributed by atoms with Crippen molar-refractivity contribution in [3.63, 3.8) is 0 Å². The summed E-state index contributed by atoms with van der Waals surface area (Å²) in [5, 5.41) is 0. The second-order valence-corrected chi connectivity index (χ2v) is 16.3. The predicted octanol–water partition coefficient (Wildman–Crippen LogP) is 12.7. The Morgan fingerprint density at radius 2 is 1.70 bits per heavy atom. The minimum atomic E-state index is 0.470. The van der Waals surface area contributed by atoms with Crippen molar-refractivity contribution in [1.82, 2.24) is 4.90 Å². The van der Waals surface area contributed by atoms with Crippen molar-refractivity contribution in [2.75, 3.05) is 13.1 Å². The standard InChI is InChI=1S/C46H65N/c1-6-8-29-46(5,7-2)41-22-16-21-39(30-41)45-33-47(42-28-27-37-19-12-13-20-38(37)31-42)32-40(36-17-10-9-11-18-36)26-25-34(3)35(4)43-23-14-15-24-44(43)45/h10,13-14,17-18,20,23,25-28,37-39,41-42H,6-9,11-12,15-16,19,21-22,24,29-33H2,1-5H3/b34-25+,40-26+,43-35+,45-44+. The van der Waals surface area contributed by atoms with Crippen molar-refractivity contribution in [2.24, 2.45) is 29.1 Å². The molecule has 1 fully saturated rings. The van der Waals surface area contributed by atoms with Crippen LogP contribution in [0.15, 0.2) is 106 Å². The molecule has 6 aliphatic rings. The van der Waals surface area contributed by atoms with E-state index in [-0.39, 0.29) is 0 Å². The maximum Gasteiger partial charge on any atom is 0.0291 e. The van der Waals surface area contributed by atoms with E-state index in [9.17, 15) is 0 Å². The molecule has 1 heteroatoms.